The summed E-state index contributed by atoms with van der Waals surface area (Å²) in [6, 6.07) is 10.2. The van der Waals surface area contributed by atoms with Crippen molar-refractivity contribution in [2.75, 3.05) is 0 Å². The first-order chi connectivity index (χ1) is 8.22. The van der Waals surface area contributed by atoms with Gasteiger partial charge >= 0.3 is 5.97 Å². The van der Waals surface area contributed by atoms with Crippen LogP contribution < -0.4 is 0 Å². The normalized spacial score (nSPS) is 11.2. The molecule has 2 nitrogen and oxygen atoms in total. The summed E-state index contributed by atoms with van der Waals surface area (Å²) >= 11 is 0. The number of hydrogen-bond donors (Lipinski definition) is 1. The Hall–Kier alpha value is -1.83. The van der Waals surface area contributed by atoms with Crippen molar-refractivity contribution in [3.8, 4) is 0 Å². The van der Waals surface area contributed by atoms with Crippen LogP contribution in [0, 0.1) is 0 Å². The smallest absolute Gasteiger partial charge is 0.303 e. The van der Waals surface area contributed by atoms with Crippen molar-refractivity contribution in [2.24, 2.45) is 0 Å². The van der Waals surface area contributed by atoms with Gasteiger partial charge in [0.05, 0.1) is 0 Å². The lowest BCUT2D eigenvalue weighted by atomic mass is 10.1. The molecule has 0 bridgehead atoms. The summed E-state index contributed by atoms with van der Waals surface area (Å²) in [6.07, 6.45) is 6.45. The number of aliphatic carboxylic acids is 1. The summed E-state index contributed by atoms with van der Waals surface area (Å²) in [5, 5.41) is 8.60. The summed E-state index contributed by atoms with van der Waals surface area (Å²) in [5.74, 6) is -0.763. The number of aryl methyl sites for hydroxylation is 1. The fourth-order valence-corrected chi connectivity index (χ4v) is 1.61. The molecule has 2 heteroatoms. The van der Waals surface area contributed by atoms with Crippen LogP contribution >= 0.6 is 0 Å². The number of allylic oxidation sites excluding steroid dienone is 3. The number of hydrogen-bond acceptors (Lipinski definition) is 1. The minimum atomic E-state index is -0.763. The monoisotopic (exact) mass is 230 g/mol. The minimum Gasteiger partial charge on any atom is -0.481 e. The molecule has 0 aliphatic rings. The number of benzene rings is 1. The van der Waals surface area contributed by atoms with Gasteiger partial charge in [-0.2, -0.15) is 0 Å². The number of carbonyl (C=O) groups is 1. The third-order valence-electron chi connectivity index (χ3n) is 2.57. The summed E-state index contributed by atoms with van der Waals surface area (Å²) < 4.78 is 0. The van der Waals surface area contributed by atoms with E-state index in [0.717, 1.165) is 18.4 Å². The molecule has 1 rings (SSSR count). The third kappa shape index (κ3) is 5.71. The highest BCUT2D eigenvalue weighted by Crippen LogP contribution is 2.10. The van der Waals surface area contributed by atoms with Crippen molar-refractivity contribution >= 4 is 5.97 Å². The molecule has 17 heavy (non-hydrogen) atoms. The molecule has 0 aromatic heterocycles. The lowest BCUT2D eigenvalue weighted by Gasteiger charge is -2.01. The Morgan fingerprint density at radius 1 is 1.24 bits per heavy atom. The SMILES string of the molecule is C=CC(=CCCc1ccccc1)CCC(=O)O. The molecule has 90 valence electrons. The molecule has 1 aromatic carbocycles. The van der Waals surface area contributed by atoms with Crippen LogP contribution in [0.1, 0.15) is 24.8 Å². The molecule has 1 aromatic rings. The molecule has 0 heterocycles. The van der Waals surface area contributed by atoms with E-state index in [0.29, 0.717) is 6.42 Å². The maximum Gasteiger partial charge on any atom is 0.303 e. The van der Waals surface area contributed by atoms with Crippen molar-refractivity contribution in [1.29, 1.82) is 0 Å². The highest BCUT2D eigenvalue weighted by molar-refractivity contribution is 5.67. The van der Waals surface area contributed by atoms with Crippen LogP contribution in [0.2, 0.25) is 0 Å². The second kappa shape index (κ2) is 7.44. The van der Waals surface area contributed by atoms with E-state index < -0.39 is 5.97 Å². The largest absolute Gasteiger partial charge is 0.481 e. The Balaban J connectivity index is 2.40. The quantitative estimate of drug-likeness (QED) is 0.727. The average molecular weight is 230 g/mol. The minimum absolute atomic E-state index is 0.170. The second-order valence-corrected chi connectivity index (χ2v) is 3.90. The molecule has 0 radical (unpaired) electrons. The van der Waals surface area contributed by atoms with Crippen LogP contribution in [0.15, 0.2) is 54.6 Å². The lowest BCUT2D eigenvalue weighted by Crippen LogP contribution is -1.94. The van der Waals surface area contributed by atoms with Crippen LogP contribution in [0.3, 0.4) is 0 Å². The molecule has 0 fully saturated rings. The molecular weight excluding hydrogens is 212 g/mol. The molecule has 0 spiro atoms. The van der Waals surface area contributed by atoms with Gasteiger partial charge in [0.25, 0.3) is 0 Å². The molecule has 0 unspecified atom stereocenters. The summed E-state index contributed by atoms with van der Waals surface area (Å²) in [4.78, 5) is 10.5. The van der Waals surface area contributed by atoms with E-state index >= 15 is 0 Å². The second-order valence-electron chi connectivity index (χ2n) is 3.90. The molecule has 0 aliphatic heterocycles. The predicted octanol–water partition coefficient (Wildman–Crippen LogP) is 3.60. The summed E-state index contributed by atoms with van der Waals surface area (Å²) in [7, 11) is 0. The zero-order valence-corrected chi connectivity index (χ0v) is 9.93. The Morgan fingerprint density at radius 2 is 1.94 bits per heavy atom. The topological polar surface area (TPSA) is 37.3 Å². The van der Waals surface area contributed by atoms with Gasteiger partial charge in [0.2, 0.25) is 0 Å². The number of carboxylic acid groups (broad SMARTS) is 1. The van der Waals surface area contributed by atoms with Gasteiger partial charge in [0.15, 0.2) is 0 Å². The van der Waals surface area contributed by atoms with Crippen LogP contribution in [0.4, 0.5) is 0 Å². The summed E-state index contributed by atoms with van der Waals surface area (Å²) in [6.45, 7) is 3.70. The van der Waals surface area contributed by atoms with Gasteiger partial charge in [0, 0.05) is 6.42 Å². The average Bonchev–Trinajstić information content (AvgIpc) is 2.34. The van der Waals surface area contributed by atoms with Gasteiger partial charge in [-0.25, -0.2) is 0 Å². The Bertz CT molecular complexity index is 391. The molecule has 0 saturated carbocycles. The van der Waals surface area contributed by atoms with Crippen LogP contribution in [0.25, 0.3) is 0 Å². The van der Waals surface area contributed by atoms with E-state index in [-0.39, 0.29) is 6.42 Å². The molecule has 0 atom stereocenters. The molecule has 1 N–H and O–H groups in total. The number of rotatable bonds is 7. The van der Waals surface area contributed by atoms with Crippen molar-refractivity contribution in [1.82, 2.24) is 0 Å². The standard InChI is InChI=1S/C15H18O2/c1-2-13(11-12-15(16)17)9-6-10-14-7-4-3-5-8-14/h2-5,7-9H,1,6,10-12H2,(H,16,17). The maximum atomic E-state index is 10.5. The molecule has 0 amide bonds. The van der Waals surface area contributed by atoms with E-state index in [1.807, 2.05) is 18.2 Å². The van der Waals surface area contributed by atoms with Gasteiger partial charge in [-0.05, 0) is 24.8 Å². The zero-order chi connectivity index (χ0) is 12.5. The maximum absolute atomic E-state index is 10.5. The van der Waals surface area contributed by atoms with E-state index in [4.69, 9.17) is 5.11 Å². The highest BCUT2D eigenvalue weighted by Gasteiger charge is 1.98. The van der Waals surface area contributed by atoms with E-state index in [1.54, 1.807) is 6.08 Å². The zero-order valence-electron chi connectivity index (χ0n) is 9.93. The molecular formula is C15H18O2. The van der Waals surface area contributed by atoms with E-state index in [2.05, 4.69) is 24.8 Å². The Labute approximate surface area is 102 Å². The first kappa shape index (κ1) is 13.2. The lowest BCUT2D eigenvalue weighted by molar-refractivity contribution is -0.136. The van der Waals surface area contributed by atoms with Gasteiger partial charge in [-0.3, -0.25) is 4.79 Å². The van der Waals surface area contributed by atoms with E-state index in [1.165, 1.54) is 5.56 Å². The van der Waals surface area contributed by atoms with Crippen molar-refractivity contribution in [3.05, 3.63) is 60.2 Å². The van der Waals surface area contributed by atoms with Gasteiger partial charge in [-0.1, -0.05) is 54.6 Å². The van der Waals surface area contributed by atoms with Crippen LogP contribution in [0.5, 0.6) is 0 Å². The third-order valence-corrected chi connectivity index (χ3v) is 2.57. The van der Waals surface area contributed by atoms with Gasteiger partial charge < -0.3 is 5.11 Å². The van der Waals surface area contributed by atoms with E-state index in [9.17, 15) is 4.79 Å². The van der Waals surface area contributed by atoms with Crippen LogP contribution in [-0.4, -0.2) is 11.1 Å². The van der Waals surface area contributed by atoms with Gasteiger partial charge in [0.1, 0.15) is 0 Å². The predicted molar refractivity (Wildman–Crippen MR) is 69.9 cm³/mol. The Kier molecular flexibility index (Phi) is 5.80. The van der Waals surface area contributed by atoms with Crippen LogP contribution in [-0.2, 0) is 11.2 Å². The molecule has 0 aliphatic carbocycles. The molecule has 0 saturated heterocycles. The highest BCUT2D eigenvalue weighted by atomic mass is 16.4. The summed E-state index contributed by atoms with van der Waals surface area (Å²) in [5.41, 5.74) is 2.31. The first-order valence-electron chi connectivity index (χ1n) is 5.79. The fourth-order valence-electron chi connectivity index (χ4n) is 1.61. The van der Waals surface area contributed by atoms with Crippen molar-refractivity contribution in [2.45, 2.75) is 25.7 Å². The number of carboxylic acids is 1. The van der Waals surface area contributed by atoms with Crippen molar-refractivity contribution in [3.63, 3.8) is 0 Å². The first-order valence-corrected chi connectivity index (χ1v) is 5.79. The Morgan fingerprint density at radius 3 is 2.53 bits per heavy atom. The van der Waals surface area contributed by atoms with Crippen molar-refractivity contribution < 1.29 is 9.90 Å². The fraction of sp³-hybridized carbons (Fsp3) is 0.267. The van der Waals surface area contributed by atoms with Gasteiger partial charge in [-0.15, -0.1) is 0 Å².